The summed E-state index contributed by atoms with van der Waals surface area (Å²) in [5, 5.41) is 3.80. The molecule has 0 bridgehead atoms. The van der Waals surface area contributed by atoms with Crippen molar-refractivity contribution >= 4 is 28.1 Å². The molecule has 5 nitrogen and oxygen atoms in total. The smallest absolute Gasteiger partial charge is 0.416 e. The molecular formula is C19H18BrF3N2O3. The van der Waals surface area contributed by atoms with E-state index in [0.29, 0.717) is 34.7 Å². The van der Waals surface area contributed by atoms with Gasteiger partial charge in [-0.05, 0) is 65.7 Å². The van der Waals surface area contributed by atoms with Gasteiger partial charge in [-0.1, -0.05) is 6.07 Å². The van der Waals surface area contributed by atoms with Crippen LogP contribution in [-0.4, -0.2) is 25.3 Å². The minimum atomic E-state index is -4.52. The number of rotatable bonds is 7. The van der Waals surface area contributed by atoms with E-state index in [0.717, 1.165) is 12.1 Å². The third kappa shape index (κ3) is 5.72. The van der Waals surface area contributed by atoms with Gasteiger partial charge in [-0.2, -0.15) is 18.3 Å². The fourth-order valence-corrected chi connectivity index (χ4v) is 2.85. The van der Waals surface area contributed by atoms with Crippen LogP contribution in [0.5, 0.6) is 11.5 Å². The van der Waals surface area contributed by atoms with E-state index >= 15 is 0 Å². The van der Waals surface area contributed by atoms with Crippen LogP contribution < -0.4 is 14.9 Å². The monoisotopic (exact) mass is 458 g/mol. The highest BCUT2D eigenvalue weighted by atomic mass is 79.9. The lowest BCUT2D eigenvalue weighted by atomic mass is 10.1. The largest absolute Gasteiger partial charge is 0.490 e. The molecule has 0 saturated carbocycles. The summed E-state index contributed by atoms with van der Waals surface area (Å²) < 4.78 is 50.0. The number of alkyl halides is 3. The number of hydrazone groups is 1. The summed E-state index contributed by atoms with van der Waals surface area (Å²) >= 11 is 3.39. The van der Waals surface area contributed by atoms with Gasteiger partial charge in [0.1, 0.15) is 0 Å². The van der Waals surface area contributed by atoms with Gasteiger partial charge in [0, 0.05) is 5.56 Å². The molecule has 28 heavy (non-hydrogen) atoms. The molecule has 2 aromatic carbocycles. The van der Waals surface area contributed by atoms with Gasteiger partial charge >= 0.3 is 6.18 Å². The van der Waals surface area contributed by atoms with Crippen LogP contribution in [0, 0.1) is 0 Å². The molecule has 0 fully saturated rings. The van der Waals surface area contributed by atoms with Gasteiger partial charge in [-0.3, -0.25) is 4.79 Å². The average Bonchev–Trinajstić information content (AvgIpc) is 2.64. The van der Waals surface area contributed by atoms with Gasteiger partial charge in [0.05, 0.1) is 29.5 Å². The number of amides is 1. The molecule has 0 aromatic heterocycles. The van der Waals surface area contributed by atoms with Crippen LogP contribution in [0.3, 0.4) is 0 Å². The summed E-state index contributed by atoms with van der Waals surface area (Å²) in [4.78, 5) is 12.0. The molecule has 0 saturated heterocycles. The normalized spacial score (nSPS) is 11.5. The second kappa shape index (κ2) is 9.59. The Morgan fingerprint density at radius 1 is 1.18 bits per heavy atom. The Kier molecular flexibility index (Phi) is 7.45. The van der Waals surface area contributed by atoms with Crippen LogP contribution >= 0.6 is 15.9 Å². The molecule has 0 atom stereocenters. The maximum absolute atomic E-state index is 12.7. The van der Waals surface area contributed by atoms with Gasteiger partial charge in [-0.15, -0.1) is 0 Å². The first-order chi connectivity index (χ1) is 13.3. The summed E-state index contributed by atoms with van der Waals surface area (Å²) in [6.07, 6.45) is -3.17. The maximum Gasteiger partial charge on any atom is 0.416 e. The molecule has 1 amide bonds. The Hall–Kier alpha value is -2.55. The predicted octanol–water partition coefficient (Wildman–Crippen LogP) is 5.03. The van der Waals surface area contributed by atoms with Crippen LogP contribution in [0.1, 0.15) is 35.3 Å². The molecule has 0 aliphatic carbocycles. The Morgan fingerprint density at radius 3 is 2.54 bits per heavy atom. The quantitative estimate of drug-likeness (QED) is 0.467. The summed E-state index contributed by atoms with van der Waals surface area (Å²) in [6, 6.07) is 7.51. The van der Waals surface area contributed by atoms with E-state index in [1.807, 2.05) is 13.8 Å². The summed E-state index contributed by atoms with van der Waals surface area (Å²) in [5.74, 6) is 0.302. The second-order valence-electron chi connectivity index (χ2n) is 5.47. The summed E-state index contributed by atoms with van der Waals surface area (Å²) in [6.45, 7) is 4.57. The molecule has 0 aliphatic rings. The fraction of sp³-hybridized carbons (Fsp3) is 0.263. The van der Waals surface area contributed by atoms with E-state index in [9.17, 15) is 18.0 Å². The van der Waals surface area contributed by atoms with Crippen molar-refractivity contribution in [2.24, 2.45) is 5.10 Å². The lowest BCUT2D eigenvalue weighted by molar-refractivity contribution is -0.137. The van der Waals surface area contributed by atoms with E-state index < -0.39 is 17.6 Å². The molecule has 0 radical (unpaired) electrons. The zero-order valence-corrected chi connectivity index (χ0v) is 16.7. The van der Waals surface area contributed by atoms with Crippen molar-refractivity contribution in [1.29, 1.82) is 0 Å². The first-order valence-corrected chi connectivity index (χ1v) is 9.15. The first-order valence-electron chi connectivity index (χ1n) is 8.36. The van der Waals surface area contributed by atoms with Crippen LogP contribution in [0.4, 0.5) is 13.2 Å². The van der Waals surface area contributed by atoms with E-state index in [1.165, 1.54) is 18.3 Å². The van der Waals surface area contributed by atoms with Crippen LogP contribution in [0.2, 0.25) is 0 Å². The van der Waals surface area contributed by atoms with Crippen molar-refractivity contribution in [3.8, 4) is 11.5 Å². The lowest BCUT2D eigenvalue weighted by Gasteiger charge is -2.13. The molecule has 0 heterocycles. The SMILES string of the molecule is CCOc1cc(/C=N\NC(=O)c2cccc(C(F)(F)F)c2)cc(Br)c1OCC. The number of nitrogens with zero attached hydrogens (tertiary/aromatic N) is 1. The Morgan fingerprint density at radius 2 is 1.89 bits per heavy atom. The number of carbonyl (C=O) groups excluding carboxylic acids is 1. The zero-order chi connectivity index (χ0) is 20.7. The van der Waals surface area contributed by atoms with Crippen LogP contribution in [0.25, 0.3) is 0 Å². The van der Waals surface area contributed by atoms with Gasteiger partial charge in [0.2, 0.25) is 0 Å². The minimum Gasteiger partial charge on any atom is -0.490 e. The first kappa shape index (κ1) is 21.7. The summed E-state index contributed by atoms with van der Waals surface area (Å²) in [7, 11) is 0. The van der Waals surface area contributed by atoms with Gasteiger partial charge < -0.3 is 9.47 Å². The molecule has 2 rings (SSSR count). The van der Waals surface area contributed by atoms with E-state index in [4.69, 9.17) is 9.47 Å². The van der Waals surface area contributed by atoms with Gasteiger partial charge in [0.15, 0.2) is 11.5 Å². The molecule has 2 aromatic rings. The predicted molar refractivity (Wildman–Crippen MR) is 103 cm³/mol. The molecule has 0 spiro atoms. The molecule has 0 aliphatic heterocycles. The number of benzene rings is 2. The number of ether oxygens (including phenoxy) is 2. The number of hydrogen-bond acceptors (Lipinski definition) is 4. The second-order valence-corrected chi connectivity index (χ2v) is 6.33. The van der Waals surface area contributed by atoms with Crippen LogP contribution in [0.15, 0.2) is 46.0 Å². The third-order valence-corrected chi connectivity index (χ3v) is 4.04. The molecule has 150 valence electrons. The van der Waals surface area contributed by atoms with Crippen molar-refractivity contribution in [2.45, 2.75) is 20.0 Å². The van der Waals surface area contributed by atoms with Crippen molar-refractivity contribution < 1.29 is 27.4 Å². The number of nitrogens with one attached hydrogen (secondary N) is 1. The molecule has 1 N–H and O–H groups in total. The highest BCUT2D eigenvalue weighted by molar-refractivity contribution is 9.10. The third-order valence-electron chi connectivity index (χ3n) is 3.45. The van der Waals surface area contributed by atoms with Crippen molar-refractivity contribution in [1.82, 2.24) is 5.43 Å². The maximum atomic E-state index is 12.7. The van der Waals surface area contributed by atoms with E-state index in [-0.39, 0.29) is 5.56 Å². The highest BCUT2D eigenvalue weighted by Gasteiger charge is 2.30. The Bertz CT molecular complexity index is 870. The van der Waals surface area contributed by atoms with E-state index in [1.54, 1.807) is 12.1 Å². The van der Waals surface area contributed by atoms with E-state index in [2.05, 4.69) is 26.5 Å². The fourth-order valence-electron chi connectivity index (χ4n) is 2.28. The van der Waals surface area contributed by atoms with Crippen molar-refractivity contribution in [3.05, 3.63) is 57.6 Å². The Balaban J connectivity index is 2.15. The van der Waals surface area contributed by atoms with Crippen molar-refractivity contribution in [3.63, 3.8) is 0 Å². The minimum absolute atomic E-state index is 0.144. The van der Waals surface area contributed by atoms with Crippen LogP contribution in [-0.2, 0) is 6.18 Å². The topological polar surface area (TPSA) is 59.9 Å². The molecule has 0 unspecified atom stereocenters. The number of hydrogen-bond donors (Lipinski definition) is 1. The van der Waals surface area contributed by atoms with Gasteiger partial charge in [0.25, 0.3) is 5.91 Å². The van der Waals surface area contributed by atoms with Gasteiger partial charge in [-0.25, -0.2) is 5.43 Å². The standard InChI is InChI=1S/C19H18BrF3N2O3/c1-3-27-16-9-12(8-15(20)17(16)28-4-2)11-24-25-18(26)13-6-5-7-14(10-13)19(21,22)23/h5-11H,3-4H2,1-2H3,(H,25,26)/b24-11-. The molecule has 9 heteroatoms. The summed E-state index contributed by atoms with van der Waals surface area (Å²) in [5.41, 5.74) is 1.77. The highest BCUT2D eigenvalue weighted by Crippen LogP contribution is 2.36. The Labute approximate surface area is 168 Å². The average molecular weight is 459 g/mol. The van der Waals surface area contributed by atoms with Crippen molar-refractivity contribution in [2.75, 3.05) is 13.2 Å². The lowest BCUT2D eigenvalue weighted by Crippen LogP contribution is -2.18. The number of carbonyl (C=O) groups is 1. The number of halogens is 4. The molecular weight excluding hydrogens is 441 g/mol. The zero-order valence-electron chi connectivity index (χ0n) is 15.1.